The number of phenols is 2. The molecule has 0 heterocycles. The number of aryl methyl sites for hydroxylation is 2. The third kappa shape index (κ3) is 10.9. The second-order valence-electron chi connectivity index (χ2n) is 33.1. The van der Waals surface area contributed by atoms with Crippen molar-refractivity contribution in [1.29, 1.82) is 0 Å². The van der Waals surface area contributed by atoms with Gasteiger partial charge in [0.05, 0.1) is 39.6 Å². The van der Waals surface area contributed by atoms with E-state index in [1.165, 1.54) is 166 Å². The van der Waals surface area contributed by atoms with Crippen molar-refractivity contribution in [1.82, 2.24) is 0 Å². The molecule has 0 atom stereocenters. The Morgan fingerprint density at radius 1 is 0.291 bits per heavy atom. The summed E-state index contributed by atoms with van der Waals surface area (Å²) in [6.07, 6.45) is 6.98. The number of ether oxygens (including phenoxy) is 2. The van der Waals surface area contributed by atoms with Crippen LogP contribution in [0.4, 0.5) is 0 Å². The van der Waals surface area contributed by atoms with Gasteiger partial charge in [-0.2, -0.15) is 0 Å². The number of aliphatic hydroxyl groups excluding tert-OH is 4. The van der Waals surface area contributed by atoms with E-state index in [0.717, 1.165) is 47.9 Å². The van der Waals surface area contributed by atoms with Crippen LogP contribution in [0.1, 0.15) is 157 Å². The van der Waals surface area contributed by atoms with E-state index in [0.29, 0.717) is 47.0 Å². The summed E-state index contributed by atoms with van der Waals surface area (Å²) in [4.78, 5) is 0. The molecule has 110 heavy (non-hydrogen) atoms. The molecule has 0 saturated heterocycles. The van der Waals surface area contributed by atoms with Gasteiger partial charge < -0.3 is 40.1 Å². The molecule has 0 unspecified atom stereocenters. The molecule has 0 radical (unpaired) electrons. The maximum absolute atomic E-state index is 10.5. The summed E-state index contributed by atoms with van der Waals surface area (Å²) in [6.45, 7) is 26.7. The van der Waals surface area contributed by atoms with Crippen molar-refractivity contribution in [3.05, 3.63) is 308 Å². The van der Waals surface area contributed by atoms with Crippen LogP contribution in [0.5, 0.6) is 23.0 Å². The zero-order valence-corrected chi connectivity index (χ0v) is 63.8. The molecule has 0 saturated carbocycles. The summed E-state index contributed by atoms with van der Waals surface area (Å²) in [5.74, 6) is 0.799. The van der Waals surface area contributed by atoms with Crippen molar-refractivity contribution in [3.63, 3.8) is 0 Å². The first-order chi connectivity index (χ1) is 53.1. The molecule has 0 aromatic heterocycles. The number of aliphatic hydroxyl groups is 4. The SMILES string of the molecule is C=Cc1ccc2c(c1)C(C)(C)c1cc(-c3cc(-c4ccc5c(c4)C(C)(C)c4cc(C=C)ccc4-5)c4ccc5c(-c6ccc7c(c6)C(C)(C)c6cc(CCCOc8cc(CO)c(O)c(CO)c8)ccc6-7)cc(-c6ccc7c(c6)C(C)(C)c6cc(CCCOc8cc(CO)c(O)c(CO)c8)ccc6-7)c6ccc3c4c65)ccc1-2. The fourth-order valence-electron chi connectivity index (χ4n) is 19.3. The van der Waals surface area contributed by atoms with Crippen molar-refractivity contribution in [2.45, 2.75) is 129 Å². The van der Waals surface area contributed by atoms with Crippen LogP contribution >= 0.6 is 0 Å². The fraction of sp³-hybridized carbons (Fsp3) is 0.216. The highest BCUT2D eigenvalue weighted by atomic mass is 16.5. The molecule has 0 bridgehead atoms. The van der Waals surface area contributed by atoms with Crippen molar-refractivity contribution in [2.24, 2.45) is 0 Å². The average Bonchev–Trinajstić information content (AvgIpc) is 0.981. The maximum Gasteiger partial charge on any atom is 0.126 e. The molecule has 14 aromatic carbocycles. The van der Waals surface area contributed by atoms with E-state index in [1.54, 1.807) is 24.3 Å². The Hall–Kier alpha value is -11.4. The fourth-order valence-corrected chi connectivity index (χ4v) is 19.3. The molecule has 18 rings (SSSR count). The highest BCUT2D eigenvalue weighted by molar-refractivity contribution is 6.32. The highest BCUT2D eigenvalue weighted by Gasteiger charge is 2.41. The molecule has 546 valence electrons. The lowest BCUT2D eigenvalue weighted by atomic mass is 9.78. The first kappa shape index (κ1) is 70.3. The standard InChI is InChI=1S/C102H90O8/c1-11-57-17-25-71-75-29-21-61(47-91(75)99(3,4)87(71)39-57)83-51-84(62-22-30-76-72-26-18-58(12-2)40-88(72)100(5,6)92(76)48-62)80-34-36-82-86(64-24-32-78-74-28-20-60(42-90(74)102(9,10)94(78)50-64)16-14-38-110-70-45-67(55-105)98(108)68(46-70)56-106)52-85(81-35-33-79(83)95(80)96(81)82)63-23-31-77-73-27-19-59(41-89(73)101(7,8)93(77)49-63)15-13-37-109-69-43-65(53-103)97(107)66(44-69)54-104/h11-12,17-36,39-52,103-108H,1-2,13-16,37-38,53-56H2,3-10H3. The van der Waals surface area contributed by atoms with E-state index in [9.17, 15) is 30.6 Å². The summed E-state index contributed by atoms with van der Waals surface area (Å²) in [5, 5.41) is 67.9. The molecule has 8 heteroatoms. The molecule has 0 fully saturated rings. The van der Waals surface area contributed by atoms with Gasteiger partial charge in [-0.25, -0.2) is 0 Å². The summed E-state index contributed by atoms with van der Waals surface area (Å²) in [5.41, 5.74) is 34.7. The molecule has 8 nitrogen and oxygen atoms in total. The number of benzene rings is 14. The van der Waals surface area contributed by atoms with Crippen LogP contribution in [0, 0.1) is 0 Å². The van der Waals surface area contributed by atoms with Gasteiger partial charge in [0.1, 0.15) is 23.0 Å². The smallest absolute Gasteiger partial charge is 0.126 e. The lowest BCUT2D eigenvalue weighted by Crippen LogP contribution is -2.15. The van der Waals surface area contributed by atoms with Crippen molar-refractivity contribution >= 4 is 44.5 Å². The predicted molar refractivity (Wildman–Crippen MR) is 450 cm³/mol. The Labute approximate surface area is 643 Å². The van der Waals surface area contributed by atoms with Gasteiger partial charge in [-0.3, -0.25) is 0 Å². The van der Waals surface area contributed by atoms with E-state index < -0.39 is 0 Å². The normalized spacial score (nSPS) is 14.6. The zero-order valence-electron chi connectivity index (χ0n) is 63.8. The summed E-state index contributed by atoms with van der Waals surface area (Å²) in [6, 6.07) is 77.6. The highest BCUT2D eigenvalue weighted by Crippen LogP contribution is 2.58. The van der Waals surface area contributed by atoms with Crippen LogP contribution in [-0.4, -0.2) is 43.9 Å². The lowest BCUT2D eigenvalue weighted by molar-refractivity contribution is 0.258. The van der Waals surface area contributed by atoms with Crippen LogP contribution in [0.15, 0.2) is 219 Å². The van der Waals surface area contributed by atoms with Gasteiger partial charge in [-0.15, -0.1) is 0 Å². The van der Waals surface area contributed by atoms with Gasteiger partial charge in [0.2, 0.25) is 0 Å². The minimum Gasteiger partial charge on any atom is -0.507 e. The zero-order chi connectivity index (χ0) is 76.2. The van der Waals surface area contributed by atoms with Crippen LogP contribution < -0.4 is 9.47 Å². The number of aromatic hydroxyl groups is 2. The third-order valence-electron chi connectivity index (χ3n) is 25.4. The Balaban J connectivity index is 0.786. The van der Waals surface area contributed by atoms with E-state index in [4.69, 9.17) is 9.47 Å². The van der Waals surface area contributed by atoms with Gasteiger partial charge in [0.15, 0.2) is 0 Å². The molecular formula is C102H90O8. The number of rotatable bonds is 20. The summed E-state index contributed by atoms with van der Waals surface area (Å²) in [7, 11) is 0. The van der Waals surface area contributed by atoms with Crippen molar-refractivity contribution in [2.75, 3.05) is 13.2 Å². The van der Waals surface area contributed by atoms with Crippen molar-refractivity contribution < 1.29 is 40.1 Å². The van der Waals surface area contributed by atoms with Gasteiger partial charge in [-0.05, 0) is 274 Å². The van der Waals surface area contributed by atoms with Gasteiger partial charge in [0, 0.05) is 43.9 Å². The molecule has 6 N–H and O–H groups in total. The lowest BCUT2D eigenvalue weighted by Gasteiger charge is -2.25. The Kier molecular flexibility index (Phi) is 16.7. The Morgan fingerprint density at radius 3 is 0.818 bits per heavy atom. The maximum atomic E-state index is 10.5. The predicted octanol–water partition coefficient (Wildman–Crippen LogP) is 23.2. The van der Waals surface area contributed by atoms with E-state index in [2.05, 4.69) is 251 Å². The van der Waals surface area contributed by atoms with Gasteiger partial charge in [0.25, 0.3) is 0 Å². The molecule has 4 aliphatic rings. The number of hydrogen-bond donors (Lipinski definition) is 6. The Morgan fingerprint density at radius 2 is 0.545 bits per heavy atom. The van der Waals surface area contributed by atoms with Gasteiger partial charge in [-0.1, -0.05) is 226 Å². The second kappa shape index (κ2) is 26.2. The second-order valence-corrected chi connectivity index (χ2v) is 33.1. The van der Waals surface area contributed by atoms with Crippen molar-refractivity contribution in [3.8, 4) is 112 Å². The molecular weight excluding hydrogens is 1350 g/mol. The monoisotopic (exact) mass is 1440 g/mol. The van der Waals surface area contributed by atoms with Gasteiger partial charge >= 0.3 is 0 Å². The van der Waals surface area contributed by atoms with Crippen LogP contribution in [-0.2, 0) is 60.9 Å². The molecule has 14 aromatic rings. The average molecular weight is 1440 g/mol. The first-order valence-electron chi connectivity index (χ1n) is 38.7. The first-order valence-corrected chi connectivity index (χ1v) is 38.7. The van der Waals surface area contributed by atoms with E-state index >= 15 is 0 Å². The quantitative estimate of drug-likeness (QED) is 0.0328. The van der Waals surface area contributed by atoms with Crippen LogP contribution in [0.2, 0.25) is 0 Å². The van der Waals surface area contributed by atoms with E-state index in [1.807, 2.05) is 12.2 Å². The number of hydrogen-bond acceptors (Lipinski definition) is 8. The third-order valence-corrected chi connectivity index (χ3v) is 25.4. The minimum atomic E-state index is -0.358. The summed E-state index contributed by atoms with van der Waals surface area (Å²) >= 11 is 0. The molecule has 0 spiro atoms. The molecule has 0 aliphatic heterocycles. The van der Waals surface area contributed by atoms with E-state index in [-0.39, 0.29) is 59.6 Å². The largest absolute Gasteiger partial charge is 0.507 e. The van der Waals surface area contributed by atoms with Crippen LogP contribution in [0.3, 0.4) is 0 Å². The van der Waals surface area contributed by atoms with Crippen LogP contribution in [0.25, 0.3) is 133 Å². The Bertz CT molecular complexity index is 5820. The molecule has 0 amide bonds. The summed E-state index contributed by atoms with van der Waals surface area (Å²) < 4.78 is 12.3. The minimum absolute atomic E-state index is 0.107. The molecule has 4 aliphatic carbocycles. The number of fused-ring (bicyclic) bond motifs is 12. The topological polar surface area (TPSA) is 140 Å².